The minimum Gasteiger partial charge on any atom is -0.207 e. The van der Waals surface area contributed by atoms with Crippen molar-refractivity contribution in [2.24, 2.45) is 0 Å². The molecule has 0 fully saturated rings. The van der Waals surface area contributed by atoms with Crippen molar-refractivity contribution in [2.75, 3.05) is 0 Å². The lowest BCUT2D eigenvalue weighted by atomic mass is 9.86. The van der Waals surface area contributed by atoms with Crippen LogP contribution in [0.1, 0.15) is 37.3 Å². The molecule has 0 aliphatic heterocycles. The topological polar surface area (TPSA) is 0 Å². The van der Waals surface area contributed by atoms with Crippen LogP contribution in [0.2, 0.25) is 0 Å². The fourth-order valence-corrected chi connectivity index (χ4v) is 3.13. The Morgan fingerprint density at radius 3 is 2.48 bits per heavy atom. The molecule has 1 aliphatic carbocycles. The highest BCUT2D eigenvalue weighted by atomic mass is 19.1. The maximum atomic E-state index is 14.8. The van der Waals surface area contributed by atoms with Crippen LogP contribution in [0, 0.1) is 17.5 Å². The van der Waals surface area contributed by atoms with Crippen molar-refractivity contribution in [1.29, 1.82) is 0 Å². The van der Waals surface area contributed by atoms with E-state index in [1.54, 1.807) is 0 Å². The van der Waals surface area contributed by atoms with E-state index < -0.39 is 17.5 Å². The Labute approximate surface area is 134 Å². The average Bonchev–Trinajstić information content (AvgIpc) is 2.54. The Bertz CT molecular complexity index is 742. The van der Waals surface area contributed by atoms with Gasteiger partial charge in [-0.05, 0) is 60.6 Å². The van der Waals surface area contributed by atoms with Gasteiger partial charge in [-0.1, -0.05) is 37.1 Å². The number of fused-ring (bicyclic) bond motifs is 1. The molecule has 120 valence electrons. The summed E-state index contributed by atoms with van der Waals surface area (Å²) in [5.74, 6) is -1.52. The van der Waals surface area contributed by atoms with Gasteiger partial charge in [-0.2, -0.15) is 0 Å². The molecule has 0 atom stereocenters. The molecule has 0 nitrogen and oxygen atoms in total. The SMILES string of the molecule is CCCCC1=CCc2c(cc(F)c(-c3ccc(F)cc3)c2F)C1. The van der Waals surface area contributed by atoms with Crippen LogP contribution in [-0.2, 0) is 12.8 Å². The molecule has 0 bridgehead atoms. The summed E-state index contributed by atoms with van der Waals surface area (Å²) in [5, 5.41) is 0. The Kier molecular flexibility index (Phi) is 4.56. The molecular weight excluding hydrogens is 297 g/mol. The van der Waals surface area contributed by atoms with Gasteiger partial charge in [-0.25, -0.2) is 13.2 Å². The molecule has 0 spiro atoms. The van der Waals surface area contributed by atoms with E-state index in [0.29, 0.717) is 24.0 Å². The van der Waals surface area contributed by atoms with Gasteiger partial charge in [0, 0.05) is 0 Å². The van der Waals surface area contributed by atoms with Crippen molar-refractivity contribution in [3.05, 3.63) is 70.6 Å². The van der Waals surface area contributed by atoms with E-state index >= 15 is 0 Å². The van der Waals surface area contributed by atoms with Crippen molar-refractivity contribution in [3.8, 4) is 11.1 Å². The van der Waals surface area contributed by atoms with E-state index in [9.17, 15) is 13.2 Å². The summed E-state index contributed by atoms with van der Waals surface area (Å²) in [7, 11) is 0. The number of hydrogen-bond acceptors (Lipinski definition) is 0. The molecule has 0 saturated carbocycles. The third-order valence-electron chi connectivity index (χ3n) is 4.41. The summed E-state index contributed by atoms with van der Waals surface area (Å²) < 4.78 is 42.3. The van der Waals surface area contributed by atoms with Crippen LogP contribution in [0.5, 0.6) is 0 Å². The predicted octanol–water partition coefficient (Wildman–Crippen LogP) is 5.99. The number of rotatable bonds is 4. The van der Waals surface area contributed by atoms with E-state index in [1.165, 1.54) is 35.9 Å². The van der Waals surface area contributed by atoms with Crippen LogP contribution < -0.4 is 0 Å². The maximum absolute atomic E-state index is 14.8. The monoisotopic (exact) mass is 316 g/mol. The second kappa shape index (κ2) is 6.61. The quantitative estimate of drug-likeness (QED) is 0.608. The summed E-state index contributed by atoms with van der Waals surface area (Å²) in [6, 6.07) is 6.70. The van der Waals surface area contributed by atoms with Gasteiger partial charge in [0.25, 0.3) is 0 Å². The van der Waals surface area contributed by atoms with Crippen molar-refractivity contribution < 1.29 is 13.2 Å². The van der Waals surface area contributed by atoms with Gasteiger partial charge in [-0.3, -0.25) is 0 Å². The first-order valence-electron chi connectivity index (χ1n) is 8.03. The van der Waals surface area contributed by atoms with Gasteiger partial charge < -0.3 is 0 Å². The zero-order valence-corrected chi connectivity index (χ0v) is 13.1. The number of unbranched alkanes of at least 4 members (excludes halogenated alkanes) is 1. The molecule has 0 saturated heterocycles. The molecule has 0 radical (unpaired) electrons. The van der Waals surface area contributed by atoms with Gasteiger partial charge in [0.05, 0.1) is 5.56 Å². The number of allylic oxidation sites excluding steroid dienone is 2. The molecule has 3 rings (SSSR count). The zero-order valence-electron chi connectivity index (χ0n) is 13.1. The van der Waals surface area contributed by atoms with Crippen LogP contribution in [-0.4, -0.2) is 0 Å². The molecule has 2 aromatic rings. The first-order valence-corrected chi connectivity index (χ1v) is 8.03. The minimum atomic E-state index is -0.579. The average molecular weight is 316 g/mol. The smallest absolute Gasteiger partial charge is 0.137 e. The van der Waals surface area contributed by atoms with Crippen LogP contribution in [0.4, 0.5) is 13.2 Å². The standard InChI is InChI=1S/C20H19F3/c1-2-3-4-13-5-10-17-15(11-13)12-18(22)19(20(17)23)14-6-8-16(21)9-7-14/h5-9,12H,2-4,10-11H2,1H3. The minimum absolute atomic E-state index is 0.0610. The van der Waals surface area contributed by atoms with Crippen molar-refractivity contribution >= 4 is 0 Å². The number of benzene rings is 2. The zero-order chi connectivity index (χ0) is 16.4. The van der Waals surface area contributed by atoms with Crippen molar-refractivity contribution in [1.82, 2.24) is 0 Å². The molecule has 1 aliphatic rings. The number of hydrogen-bond donors (Lipinski definition) is 0. The molecule has 0 aromatic heterocycles. The molecule has 0 unspecified atom stereocenters. The van der Waals surface area contributed by atoms with Gasteiger partial charge in [0.2, 0.25) is 0 Å². The van der Waals surface area contributed by atoms with Crippen LogP contribution >= 0.6 is 0 Å². The molecule has 0 heterocycles. The Morgan fingerprint density at radius 1 is 1.04 bits per heavy atom. The van der Waals surface area contributed by atoms with Crippen molar-refractivity contribution in [2.45, 2.75) is 39.0 Å². The first kappa shape index (κ1) is 15.9. The summed E-state index contributed by atoms with van der Waals surface area (Å²) in [6.45, 7) is 2.13. The third kappa shape index (κ3) is 3.19. The summed E-state index contributed by atoms with van der Waals surface area (Å²) in [5.41, 5.74) is 2.86. The van der Waals surface area contributed by atoms with E-state index in [2.05, 4.69) is 13.0 Å². The molecule has 0 N–H and O–H groups in total. The lowest BCUT2D eigenvalue weighted by molar-refractivity contribution is 0.574. The fraction of sp³-hybridized carbons (Fsp3) is 0.300. The Hall–Kier alpha value is -2.03. The summed E-state index contributed by atoms with van der Waals surface area (Å²) in [4.78, 5) is 0. The summed E-state index contributed by atoms with van der Waals surface area (Å²) in [6.07, 6.45) is 6.37. The van der Waals surface area contributed by atoms with E-state index in [1.807, 2.05) is 0 Å². The third-order valence-corrected chi connectivity index (χ3v) is 4.41. The maximum Gasteiger partial charge on any atom is 0.137 e. The first-order chi connectivity index (χ1) is 11.1. The predicted molar refractivity (Wildman–Crippen MR) is 86.8 cm³/mol. The van der Waals surface area contributed by atoms with Gasteiger partial charge in [0.15, 0.2) is 0 Å². The second-order valence-corrected chi connectivity index (χ2v) is 6.04. The molecular formula is C20H19F3. The van der Waals surface area contributed by atoms with E-state index in [4.69, 9.17) is 0 Å². The van der Waals surface area contributed by atoms with Crippen LogP contribution in [0.3, 0.4) is 0 Å². The van der Waals surface area contributed by atoms with Gasteiger partial charge in [0.1, 0.15) is 17.5 Å². The van der Waals surface area contributed by atoms with Crippen LogP contribution in [0.25, 0.3) is 11.1 Å². The largest absolute Gasteiger partial charge is 0.207 e. The van der Waals surface area contributed by atoms with Crippen LogP contribution in [0.15, 0.2) is 42.0 Å². The number of halogens is 3. The van der Waals surface area contributed by atoms with E-state index in [-0.39, 0.29) is 5.56 Å². The Morgan fingerprint density at radius 2 is 1.78 bits per heavy atom. The highest BCUT2D eigenvalue weighted by molar-refractivity contribution is 5.67. The molecule has 23 heavy (non-hydrogen) atoms. The lowest BCUT2D eigenvalue weighted by Crippen LogP contribution is -2.09. The Balaban J connectivity index is 1.98. The second-order valence-electron chi connectivity index (χ2n) is 6.04. The van der Waals surface area contributed by atoms with Gasteiger partial charge >= 0.3 is 0 Å². The van der Waals surface area contributed by atoms with Gasteiger partial charge in [-0.15, -0.1) is 0 Å². The highest BCUT2D eigenvalue weighted by Crippen LogP contribution is 2.34. The molecule has 3 heteroatoms. The highest BCUT2D eigenvalue weighted by Gasteiger charge is 2.22. The van der Waals surface area contributed by atoms with E-state index in [0.717, 1.165) is 24.8 Å². The summed E-state index contributed by atoms with van der Waals surface area (Å²) >= 11 is 0. The fourth-order valence-electron chi connectivity index (χ4n) is 3.13. The normalized spacial score (nSPS) is 13.7. The molecule has 0 amide bonds. The molecule has 2 aromatic carbocycles. The lowest BCUT2D eigenvalue weighted by Gasteiger charge is -2.20. The van der Waals surface area contributed by atoms with Crippen molar-refractivity contribution in [3.63, 3.8) is 0 Å².